The number of aromatic hydroxyl groups is 1. The third-order valence-corrected chi connectivity index (χ3v) is 4.73. The van der Waals surface area contributed by atoms with Gasteiger partial charge in [-0.3, -0.25) is 4.99 Å². The summed E-state index contributed by atoms with van der Waals surface area (Å²) < 4.78 is 0. The minimum Gasteiger partial charge on any atom is -0.508 e. The number of hydrogen-bond acceptors (Lipinski definition) is 2. The Labute approximate surface area is 138 Å². The SMILES string of the molecule is CC1=NC(C)c2cccc(CCCCCc3ccc(O)cc3)c21. The van der Waals surface area contributed by atoms with Crippen molar-refractivity contribution in [2.45, 2.75) is 52.0 Å². The average Bonchev–Trinajstić information content (AvgIpc) is 2.84. The lowest BCUT2D eigenvalue weighted by Crippen LogP contribution is -2.00. The van der Waals surface area contributed by atoms with Gasteiger partial charge in [-0.2, -0.15) is 0 Å². The van der Waals surface area contributed by atoms with Gasteiger partial charge in [-0.05, 0) is 68.4 Å². The lowest BCUT2D eigenvalue weighted by molar-refractivity contribution is 0.475. The Hall–Kier alpha value is -2.09. The number of fused-ring (bicyclic) bond motifs is 1. The van der Waals surface area contributed by atoms with Gasteiger partial charge in [0, 0.05) is 11.3 Å². The van der Waals surface area contributed by atoms with Gasteiger partial charge < -0.3 is 5.11 Å². The molecule has 2 nitrogen and oxygen atoms in total. The molecule has 23 heavy (non-hydrogen) atoms. The van der Waals surface area contributed by atoms with Crippen LogP contribution in [0.25, 0.3) is 0 Å². The van der Waals surface area contributed by atoms with Crippen LogP contribution >= 0.6 is 0 Å². The van der Waals surface area contributed by atoms with E-state index in [-0.39, 0.29) is 0 Å². The molecule has 0 aromatic heterocycles. The van der Waals surface area contributed by atoms with Crippen molar-refractivity contribution in [1.29, 1.82) is 0 Å². The van der Waals surface area contributed by atoms with Crippen LogP contribution in [0.5, 0.6) is 5.75 Å². The fourth-order valence-corrected chi connectivity index (χ4v) is 3.53. The molecule has 2 aromatic rings. The molecule has 2 aromatic carbocycles. The molecule has 1 heterocycles. The van der Waals surface area contributed by atoms with Gasteiger partial charge in [0.05, 0.1) is 6.04 Å². The molecule has 1 atom stereocenters. The lowest BCUT2D eigenvalue weighted by Gasteiger charge is -2.10. The first kappa shape index (κ1) is 15.8. The Morgan fingerprint density at radius 3 is 2.48 bits per heavy atom. The van der Waals surface area contributed by atoms with Crippen LogP contribution in [0.4, 0.5) is 0 Å². The summed E-state index contributed by atoms with van der Waals surface area (Å²) in [5.74, 6) is 0.345. The Balaban J connectivity index is 1.50. The van der Waals surface area contributed by atoms with Crippen LogP contribution in [0.3, 0.4) is 0 Å². The first-order valence-electron chi connectivity index (χ1n) is 8.59. The molecule has 0 saturated heterocycles. The second kappa shape index (κ2) is 6.99. The Bertz CT molecular complexity index is 700. The molecule has 3 rings (SSSR count). The molecule has 0 radical (unpaired) electrons. The minimum atomic E-state index is 0.319. The van der Waals surface area contributed by atoms with E-state index in [1.54, 1.807) is 12.1 Å². The summed E-state index contributed by atoms with van der Waals surface area (Å²) >= 11 is 0. The number of phenols is 1. The summed E-state index contributed by atoms with van der Waals surface area (Å²) in [5, 5.41) is 9.30. The van der Waals surface area contributed by atoms with Gasteiger partial charge in [0.1, 0.15) is 5.75 Å². The molecule has 1 unspecified atom stereocenters. The topological polar surface area (TPSA) is 32.6 Å². The maximum Gasteiger partial charge on any atom is 0.115 e. The molecular weight excluding hydrogens is 282 g/mol. The molecule has 1 aliphatic rings. The van der Waals surface area contributed by atoms with Gasteiger partial charge in [-0.15, -0.1) is 0 Å². The van der Waals surface area contributed by atoms with Gasteiger partial charge in [-0.1, -0.05) is 36.8 Å². The summed E-state index contributed by atoms with van der Waals surface area (Å²) in [5.41, 5.74) is 6.76. The molecule has 0 spiro atoms. The number of nitrogens with zero attached hydrogens (tertiary/aromatic N) is 1. The molecule has 0 fully saturated rings. The van der Waals surface area contributed by atoms with E-state index < -0.39 is 0 Å². The number of benzene rings is 2. The molecule has 0 saturated carbocycles. The normalized spacial score (nSPS) is 16.3. The van der Waals surface area contributed by atoms with E-state index in [1.807, 2.05) is 12.1 Å². The van der Waals surface area contributed by atoms with Crippen molar-refractivity contribution in [2.24, 2.45) is 4.99 Å². The van der Waals surface area contributed by atoms with E-state index in [4.69, 9.17) is 4.99 Å². The predicted molar refractivity (Wildman–Crippen MR) is 96.4 cm³/mol. The predicted octanol–water partition coefficient (Wildman–Crippen LogP) is 5.23. The van der Waals surface area contributed by atoms with Crippen LogP contribution in [0.1, 0.15) is 61.4 Å². The van der Waals surface area contributed by atoms with Crippen LogP contribution in [0.2, 0.25) is 0 Å². The smallest absolute Gasteiger partial charge is 0.115 e. The van der Waals surface area contributed by atoms with Crippen LogP contribution < -0.4 is 0 Å². The third-order valence-electron chi connectivity index (χ3n) is 4.73. The number of phenolic OH excluding ortho intramolecular Hbond substituents is 1. The monoisotopic (exact) mass is 307 g/mol. The molecule has 0 bridgehead atoms. The van der Waals surface area contributed by atoms with Crippen LogP contribution in [0, 0.1) is 0 Å². The van der Waals surface area contributed by atoms with Gasteiger partial charge in [0.25, 0.3) is 0 Å². The number of unbranched alkanes of at least 4 members (excludes halogenated alkanes) is 2. The number of rotatable bonds is 6. The highest BCUT2D eigenvalue weighted by Gasteiger charge is 2.21. The van der Waals surface area contributed by atoms with Crippen LogP contribution in [-0.4, -0.2) is 10.8 Å². The fraction of sp³-hybridized carbons (Fsp3) is 0.381. The minimum absolute atomic E-state index is 0.319. The van der Waals surface area contributed by atoms with Gasteiger partial charge in [-0.25, -0.2) is 0 Å². The van der Waals surface area contributed by atoms with E-state index in [0.717, 1.165) is 12.8 Å². The number of aliphatic imine (C=N–C) groups is 1. The quantitative estimate of drug-likeness (QED) is 0.728. The Morgan fingerprint density at radius 1 is 0.957 bits per heavy atom. The second-order valence-electron chi connectivity index (χ2n) is 6.50. The maximum atomic E-state index is 9.30. The van der Waals surface area contributed by atoms with E-state index >= 15 is 0 Å². The molecule has 120 valence electrons. The zero-order chi connectivity index (χ0) is 16.2. The van der Waals surface area contributed by atoms with Crippen molar-refractivity contribution < 1.29 is 5.11 Å². The second-order valence-corrected chi connectivity index (χ2v) is 6.50. The Morgan fingerprint density at radius 2 is 1.70 bits per heavy atom. The van der Waals surface area contributed by atoms with Crippen molar-refractivity contribution >= 4 is 5.71 Å². The summed E-state index contributed by atoms with van der Waals surface area (Å²) in [6, 6.07) is 14.5. The molecule has 1 aliphatic heterocycles. The summed E-state index contributed by atoms with van der Waals surface area (Å²) in [6.45, 7) is 4.31. The first-order chi connectivity index (χ1) is 11.1. The fourth-order valence-electron chi connectivity index (χ4n) is 3.53. The van der Waals surface area contributed by atoms with Crippen molar-refractivity contribution in [3.8, 4) is 5.75 Å². The average molecular weight is 307 g/mol. The highest BCUT2D eigenvalue weighted by Crippen LogP contribution is 2.32. The molecular formula is C21H25NO. The summed E-state index contributed by atoms with van der Waals surface area (Å²) in [4.78, 5) is 4.70. The molecule has 2 heteroatoms. The highest BCUT2D eigenvalue weighted by molar-refractivity contribution is 6.03. The van der Waals surface area contributed by atoms with Crippen LogP contribution in [-0.2, 0) is 12.8 Å². The summed E-state index contributed by atoms with van der Waals surface area (Å²) in [7, 11) is 0. The summed E-state index contributed by atoms with van der Waals surface area (Å²) in [6.07, 6.45) is 5.87. The van der Waals surface area contributed by atoms with E-state index in [0.29, 0.717) is 11.8 Å². The Kier molecular flexibility index (Phi) is 4.80. The van der Waals surface area contributed by atoms with Crippen molar-refractivity contribution in [3.63, 3.8) is 0 Å². The highest BCUT2D eigenvalue weighted by atomic mass is 16.3. The van der Waals surface area contributed by atoms with E-state index in [1.165, 1.54) is 47.2 Å². The molecule has 0 aliphatic carbocycles. The lowest BCUT2D eigenvalue weighted by atomic mass is 9.93. The van der Waals surface area contributed by atoms with Gasteiger partial charge >= 0.3 is 0 Å². The van der Waals surface area contributed by atoms with Crippen molar-refractivity contribution in [1.82, 2.24) is 0 Å². The standard InChI is InChI=1S/C21H25NO/c1-15-20-10-6-9-18(21(20)16(2)22-15)8-5-3-4-7-17-11-13-19(23)14-12-17/h6,9-15,23H,3-5,7-8H2,1-2H3. The maximum absolute atomic E-state index is 9.30. The van der Waals surface area contributed by atoms with Crippen molar-refractivity contribution in [2.75, 3.05) is 0 Å². The van der Waals surface area contributed by atoms with E-state index in [9.17, 15) is 5.11 Å². The van der Waals surface area contributed by atoms with Gasteiger partial charge in [0.2, 0.25) is 0 Å². The van der Waals surface area contributed by atoms with Gasteiger partial charge in [0.15, 0.2) is 0 Å². The van der Waals surface area contributed by atoms with E-state index in [2.05, 4.69) is 32.0 Å². The molecule has 0 amide bonds. The number of aryl methyl sites for hydroxylation is 2. The molecule has 1 N–H and O–H groups in total. The third kappa shape index (κ3) is 3.64. The largest absolute Gasteiger partial charge is 0.508 e. The van der Waals surface area contributed by atoms with Crippen molar-refractivity contribution in [3.05, 3.63) is 64.7 Å². The number of hydrogen-bond donors (Lipinski definition) is 1. The zero-order valence-corrected chi connectivity index (χ0v) is 14.0. The van der Waals surface area contributed by atoms with Crippen LogP contribution in [0.15, 0.2) is 47.5 Å². The first-order valence-corrected chi connectivity index (χ1v) is 8.59. The zero-order valence-electron chi connectivity index (χ0n) is 14.0.